The highest BCUT2D eigenvalue weighted by Crippen LogP contribution is 2.12. The first kappa shape index (κ1) is 35.5. The standard InChI is InChI=1S/C19H38O.C13H26O/c1-3-5-7-9-11-13-15-17-19(20)18-16-14-12-10-8-6-4-2;1-3-4-5-6-7-8-9-10-11-12-13(2)14/h3-18H2,1-2H3;3-12H2,1-2H3. The third kappa shape index (κ3) is 35.9. The van der Waals surface area contributed by atoms with Gasteiger partial charge in [0.25, 0.3) is 0 Å². The lowest BCUT2D eigenvalue weighted by molar-refractivity contribution is -0.119. The molecule has 0 bridgehead atoms. The Morgan fingerprint density at radius 3 is 0.853 bits per heavy atom. The van der Waals surface area contributed by atoms with Crippen LogP contribution in [0.3, 0.4) is 0 Å². The Bertz CT molecular complexity index is 382. The number of carbonyl (C=O) groups is 2. The van der Waals surface area contributed by atoms with E-state index >= 15 is 0 Å². The zero-order valence-electron chi connectivity index (χ0n) is 24.2. The van der Waals surface area contributed by atoms with Gasteiger partial charge < -0.3 is 4.79 Å². The number of unbranched alkanes of at least 4 members (excludes halogenated alkanes) is 20. The Kier molecular flexibility index (Phi) is 33.8. The van der Waals surface area contributed by atoms with Gasteiger partial charge in [0.05, 0.1) is 0 Å². The van der Waals surface area contributed by atoms with E-state index in [4.69, 9.17) is 0 Å². The quantitative estimate of drug-likeness (QED) is 0.115. The zero-order chi connectivity index (χ0) is 25.5. The minimum absolute atomic E-state index is 0.341. The van der Waals surface area contributed by atoms with Gasteiger partial charge >= 0.3 is 0 Å². The minimum atomic E-state index is 0.341. The van der Waals surface area contributed by atoms with Gasteiger partial charge in [-0.1, -0.05) is 149 Å². The first-order valence-electron chi connectivity index (χ1n) is 15.6. The maximum Gasteiger partial charge on any atom is 0.132 e. The maximum atomic E-state index is 11.7. The molecule has 0 atom stereocenters. The van der Waals surface area contributed by atoms with Gasteiger partial charge in [-0.05, 0) is 26.2 Å². The molecule has 204 valence electrons. The molecule has 2 nitrogen and oxygen atoms in total. The summed E-state index contributed by atoms with van der Waals surface area (Å²) in [6, 6.07) is 0. The molecule has 0 saturated carbocycles. The average Bonchev–Trinajstić information content (AvgIpc) is 2.82. The van der Waals surface area contributed by atoms with E-state index in [1.54, 1.807) is 6.92 Å². The van der Waals surface area contributed by atoms with E-state index in [0.717, 1.165) is 38.5 Å². The third-order valence-corrected chi connectivity index (χ3v) is 6.75. The van der Waals surface area contributed by atoms with Crippen LogP contribution in [0.25, 0.3) is 0 Å². The Labute approximate surface area is 215 Å². The Hall–Kier alpha value is -0.660. The first-order valence-corrected chi connectivity index (χ1v) is 15.6. The third-order valence-electron chi connectivity index (χ3n) is 6.75. The van der Waals surface area contributed by atoms with Crippen molar-refractivity contribution in [2.45, 2.75) is 195 Å². The Balaban J connectivity index is 0. The lowest BCUT2D eigenvalue weighted by Gasteiger charge is -2.03. The molecule has 0 aromatic carbocycles. The highest BCUT2D eigenvalue weighted by molar-refractivity contribution is 5.78. The van der Waals surface area contributed by atoms with Crippen molar-refractivity contribution in [2.24, 2.45) is 0 Å². The predicted molar refractivity (Wildman–Crippen MR) is 153 cm³/mol. The smallest absolute Gasteiger partial charge is 0.132 e. The molecule has 0 saturated heterocycles. The van der Waals surface area contributed by atoms with Crippen LogP contribution in [-0.4, -0.2) is 11.6 Å². The molecule has 0 aromatic rings. The summed E-state index contributed by atoms with van der Waals surface area (Å²) in [5, 5.41) is 0. The SMILES string of the molecule is CCCCCCCCCC(=O)CCCCCCCCC.CCCCCCCCCCCC(C)=O. The van der Waals surface area contributed by atoms with Gasteiger partial charge in [0, 0.05) is 19.3 Å². The van der Waals surface area contributed by atoms with Gasteiger partial charge in [0.15, 0.2) is 0 Å². The summed E-state index contributed by atoms with van der Waals surface area (Å²) in [6.07, 6.45) is 32.7. The number of ketones is 2. The van der Waals surface area contributed by atoms with Crippen LogP contribution in [0.2, 0.25) is 0 Å². The summed E-state index contributed by atoms with van der Waals surface area (Å²) in [4.78, 5) is 22.4. The van der Waals surface area contributed by atoms with Gasteiger partial charge in [-0.25, -0.2) is 0 Å². The normalized spacial score (nSPS) is 10.7. The van der Waals surface area contributed by atoms with E-state index in [1.165, 1.54) is 128 Å². The average molecular weight is 481 g/mol. The summed E-state index contributed by atoms with van der Waals surface area (Å²) < 4.78 is 0. The summed E-state index contributed by atoms with van der Waals surface area (Å²) >= 11 is 0. The second kappa shape index (κ2) is 32.3. The fourth-order valence-corrected chi connectivity index (χ4v) is 4.37. The van der Waals surface area contributed by atoms with Crippen LogP contribution in [-0.2, 0) is 9.59 Å². The predicted octanol–water partition coefficient (Wildman–Crippen LogP) is 11.3. The van der Waals surface area contributed by atoms with Gasteiger partial charge in [-0.2, -0.15) is 0 Å². The highest BCUT2D eigenvalue weighted by atomic mass is 16.1. The van der Waals surface area contributed by atoms with Crippen LogP contribution in [0.15, 0.2) is 0 Å². The van der Waals surface area contributed by atoms with E-state index in [9.17, 15) is 9.59 Å². The van der Waals surface area contributed by atoms with Crippen molar-refractivity contribution in [2.75, 3.05) is 0 Å². The van der Waals surface area contributed by atoms with E-state index in [0.29, 0.717) is 11.6 Å². The number of rotatable bonds is 26. The van der Waals surface area contributed by atoms with E-state index in [-0.39, 0.29) is 0 Å². The van der Waals surface area contributed by atoms with E-state index in [1.807, 2.05) is 0 Å². The second-order valence-corrected chi connectivity index (χ2v) is 10.6. The Morgan fingerprint density at radius 2 is 0.588 bits per heavy atom. The molecule has 0 N–H and O–H groups in total. The van der Waals surface area contributed by atoms with Crippen molar-refractivity contribution in [3.05, 3.63) is 0 Å². The fraction of sp³-hybridized carbons (Fsp3) is 0.938. The number of hydrogen-bond acceptors (Lipinski definition) is 2. The fourth-order valence-electron chi connectivity index (χ4n) is 4.37. The van der Waals surface area contributed by atoms with Crippen LogP contribution < -0.4 is 0 Å². The van der Waals surface area contributed by atoms with E-state index in [2.05, 4.69) is 20.8 Å². The molecule has 0 amide bonds. The monoisotopic (exact) mass is 480 g/mol. The van der Waals surface area contributed by atoms with Gasteiger partial charge in [0.1, 0.15) is 11.6 Å². The van der Waals surface area contributed by atoms with Crippen molar-refractivity contribution in [3.8, 4) is 0 Å². The van der Waals surface area contributed by atoms with Crippen LogP contribution in [0.5, 0.6) is 0 Å². The van der Waals surface area contributed by atoms with Gasteiger partial charge in [0.2, 0.25) is 0 Å². The van der Waals surface area contributed by atoms with E-state index < -0.39 is 0 Å². The maximum absolute atomic E-state index is 11.7. The molecule has 0 aliphatic carbocycles. The molecule has 0 fully saturated rings. The minimum Gasteiger partial charge on any atom is -0.300 e. The second-order valence-electron chi connectivity index (χ2n) is 10.6. The van der Waals surface area contributed by atoms with Gasteiger partial charge in [-0.3, -0.25) is 4.79 Å². The molecule has 34 heavy (non-hydrogen) atoms. The molecule has 0 heterocycles. The molecule has 0 aliphatic rings. The zero-order valence-corrected chi connectivity index (χ0v) is 24.2. The lowest BCUT2D eigenvalue weighted by Crippen LogP contribution is -1.97. The molecule has 2 heteroatoms. The molecule has 0 aliphatic heterocycles. The van der Waals surface area contributed by atoms with Crippen molar-refractivity contribution >= 4 is 11.6 Å². The molecule has 0 radical (unpaired) electrons. The number of Topliss-reactive ketones (excluding diaryl/α,β-unsaturated/α-hetero) is 2. The Morgan fingerprint density at radius 1 is 0.353 bits per heavy atom. The van der Waals surface area contributed by atoms with Crippen molar-refractivity contribution in [1.82, 2.24) is 0 Å². The van der Waals surface area contributed by atoms with Crippen molar-refractivity contribution in [3.63, 3.8) is 0 Å². The topological polar surface area (TPSA) is 34.1 Å². The molecule has 0 aromatic heterocycles. The molecule has 0 spiro atoms. The molecule has 0 rings (SSSR count). The summed E-state index contributed by atoms with van der Waals surface area (Å²) in [5.41, 5.74) is 0. The van der Waals surface area contributed by atoms with Crippen molar-refractivity contribution < 1.29 is 9.59 Å². The molecular weight excluding hydrogens is 416 g/mol. The van der Waals surface area contributed by atoms with Crippen molar-refractivity contribution in [1.29, 1.82) is 0 Å². The largest absolute Gasteiger partial charge is 0.300 e. The van der Waals surface area contributed by atoms with Crippen LogP contribution >= 0.6 is 0 Å². The molecule has 0 unspecified atom stereocenters. The number of hydrogen-bond donors (Lipinski definition) is 0. The summed E-state index contributed by atoms with van der Waals surface area (Å²) in [6.45, 7) is 8.44. The summed E-state index contributed by atoms with van der Waals surface area (Å²) in [7, 11) is 0. The van der Waals surface area contributed by atoms with Gasteiger partial charge in [-0.15, -0.1) is 0 Å². The number of carbonyl (C=O) groups excluding carboxylic acids is 2. The lowest BCUT2D eigenvalue weighted by atomic mass is 10.0. The highest BCUT2D eigenvalue weighted by Gasteiger charge is 2.02. The first-order chi connectivity index (χ1) is 16.6. The summed E-state index contributed by atoms with van der Waals surface area (Å²) in [5.74, 6) is 0.847. The van der Waals surface area contributed by atoms with Crippen LogP contribution in [0.4, 0.5) is 0 Å². The molecular formula is C32H64O2. The van der Waals surface area contributed by atoms with Crippen LogP contribution in [0, 0.1) is 0 Å². The van der Waals surface area contributed by atoms with Crippen LogP contribution in [0.1, 0.15) is 195 Å².